The first-order valence-electron chi connectivity index (χ1n) is 10.5. The number of non-ortho nitro benzene ring substituents is 1. The molecule has 2 heterocycles. The van der Waals surface area contributed by atoms with Crippen molar-refractivity contribution in [1.29, 1.82) is 0 Å². The summed E-state index contributed by atoms with van der Waals surface area (Å²) in [5.41, 5.74) is 1.05. The molecule has 0 radical (unpaired) electrons. The second kappa shape index (κ2) is 10.0. The number of nitrogens with zero attached hydrogens (tertiary/aromatic N) is 4. The van der Waals surface area contributed by atoms with Crippen molar-refractivity contribution in [3.05, 3.63) is 58.1 Å². The number of fused-ring (bicyclic) bond motifs is 1. The number of rotatable bonds is 8. The van der Waals surface area contributed by atoms with Gasteiger partial charge in [0.2, 0.25) is 0 Å². The fourth-order valence-electron chi connectivity index (χ4n) is 3.53. The van der Waals surface area contributed by atoms with E-state index in [4.69, 9.17) is 14.5 Å². The van der Waals surface area contributed by atoms with E-state index in [1.54, 1.807) is 4.90 Å². The molecule has 1 aliphatic rings. The number of amides is 1. The number of carbonyl (C=O) groups excluding carboxylic acids is 1. The Labute approximate surface area is 189 Å². The molecule has 32 heavy (non-hydrogen) atoms. The number of ether oxygens (including phenoxy) is 2. The molecule has 1 aromatic heterocycles. The van der Waals surface area contributed by atoms with Crippen LogP contribution < -0.4 is 9.64 Å². The molecule has 0 N–H and O–H groups in total. The normalized spacial score (nSPS) is 14.4. The lowest BCUT2D eigenvalue weighted by atomic mass is 10.2. The number of hydrogen-bond donors (Lipinski definition) is 0. The van der Waals surface area contributed by atoms with Crippen LogP contribution in [0.25, 0.3) is 10.2 Å². The van der Waals surface area contributed by atoms with Crippen LogP contribution in [0, 0.1) is 10.1 Å². The molecule has 4 rings (SSSR count). The van der Waals surface area contributed by atoms with E-state index < -0.39 is 4.92 Å². The van der Waals surface area contributed by atoms with Gasteiger partial charge in [0.05, 0.1) is 29.4 Å². The molecular formula is C22H24N4O5S. The Morgan fingerprint density at radius 2 is 2.00 bits per heavy atom. The Hall–Kier alpha value is -3.08. The zero-order valence-electron chi connectivity index (χ0n) is 17.7. The minimum Gasteiger partial charge on any atom is -0.492 e. The van der Waals surface area contributed by atoms with E-state index in [0.29, 0.717) is 49.4 Å². The van der Waals surface area contributed by atoms with Gasteiger partial charge in [-0.15, -0.1) is 0 Å². The molecule has 1 aliphatic heterocycles. The van der Waals surface area contributed by atoms with Crippen molar-refractivity contribution >= 4 is 38.3 Å². The molecule has 0 spiro atoms. The van der Waals surface area contributed by atoms with Gasteiger partial charge in [0.15, 0.2) is 5.13 Å². The van der Waals surface area contributed by atoms with Gasteiger partial charge in [0.25, 0.3) is 11.6 Å². The lowest BCUT2D eigenvalue weighted by Gasteiger charge is -2.29. The van der Waals surface area contributed by atoms with Crippen molar-refractivity contribution in [3.8, 4) is 5.75 Å². The van der Waals surface area contributed by atoms with E-state index >= 15 is 0 Å². The SMILES string of the molecule is CCOc1cccc2sc(N(CCN3CCOCC3)C(=O)c3ccc([N+](=O)[O-])cc3)nc12. The van der Waals surface area contributed by atoms with E-state index in [1.807, 2.05) is 25.1 Å². The van der Waals surface area contributed by atoms with Gasteiger partial charge in [-0.3, -0.25) is 24.7 Å². The highest BCUT2D eigenvalue weighted by Crippen LogP contribution is 2.35. The number of aromatic nitrogens is 1. The number of hydrogen-bond acceptors (Lipinski definition) is 8. The fourth-order valence-corrected chi connectivity index (χ4v) is 4.54. The number of nitro benzene ring substituents is 1. The average molecular weight is 457 g/mol. The molecule has 9 nitrogen and oxygen atoms in total. The molecule has 1 amide bonds. The maximum atomic E-state index is 13.4. The second-order valence-electron chi connectivity index (χ2n) is 7.25. The highest BCUT2D eigenvalue weighted by molar-refractivity contribution is 7.22. The molecule has 0 unspecified atom stereocenters. The summed E-state index contributed by atoms with van der Waals surface area (Å²) < 4.78 is 12.0. The van der Waals surface area contributed by atoms with Gasteiger partial charge >= 0.3 is 0 Å². The van der Waals surface area contributed by atoms with Gasteiger partial charge in [-0.2, -0.15) is 0 Å². The molecule has 0 saturated carbocycles. The van der Waals surface area contributed by atoms with Crippen LogP contribution in [0.3, 0.4) is 0 Å². The average Bonchev–Trinajstić information content (AvgIpc) is 3.25. The van der Waals surface area contributed by atoms with Crippen LogP contribution in [-0.4, -0.2) is 66.7 Å². The number of nitro groups is 1. The van der Waals surface area contributed by atoms with E-state index in [-0.39, 0.29) is 11.6 Å². The van der Waals surface area contributed by atoms with E-state index in [0.717, 1.165) is 23.3 Å². The van der Waals surface area contributed by atoms with Crippen molar-refractivity contribution < 1.29 is 19.2 Å². The molecular weight excluding hydrogens is 432 g/mol. The standard InChI is InChI=1S/C22H24N4O5S/c1-2-31-18-4-3-5-19-20(18)23-22(32-19)25(11-10-24-12-14-30-15-13-24)21(27)16-6-8-17(9-7-16)26(28)29/h3-9H,2,10-15H2,1H3. The third-order valence-electron chi connectivity index (χ3n) is 5.22. The van der Waals surface area contributed by atoms with Gasteiger partial charge in [-0.1, -0.05) is 17.4 Å². The van der Waals surface area contributed by atoms with Gasteiger partial charge in [0.1, 0.15) is 11.3 Å². The minimum atomic E-state index is -0.479. The summed E-state index contributed by atoms with van der Waals surface area (Å²) in [4.78, 5) is 32.6. The predicted molar refractivity (Wildman–Crippen MR) is 123 cm³/mol. The van der Waals surface area contributed by atoms with Gasteiger partial charge in [0, 0.05) is 43.9 Å². The van der Waals surface area contributed by atoms with Gasteiger partial charge < -0.3 is 9.47 Å². The monoisotopic (exact) mass is 456 g/mol. The topological polar surface area (TPSA) is 98.0 Å². The molecule has 0 bridgehead atoms. The maximum absolute atomic E-state index is 13.4. The molecule has 0 atom stereocenters. The quantitative estimate of drug-likeness (QED) is 0.377. The van der Waals surface area contributed by atoms with E-state index in [9.17, 15) is 14.9 Å². The molecule has 168 valence electrons. The van der Waals surface area contributed by atoms with Crippen molar-refractivity contribution in [1.82, 2.24) is 9.88 Å². The van der Waals surface area contributed by atoms with Crippen LogP contribution in [-0.2, 0) is 4.74 Å². The Bertz CT molecular complexity index is 1100. The van der Waals surface area contributed by atoms with Crippen molar-refractivity contribution in [3.63, 3.8) is 0 Å². The Morgan fingerprint density at radius 1 is 1.25 bits per heavy atom. The van der Waals surface area contributed by atoms with Crippen LogP contribution in [0.2, 0.25) is 0 Å². The lowest BCUT2D eigenvalue weighted by molar-refractivity contribution is -0.384. The molecule has 0 aliphatic carbocycles. The van der Waals surface area contributed by atoms with E-state index in [1.165, 1.54) is 35.6 Å². The summed E-state index contributed by atoms with van der Waals surface area (Å²) in [6, 6.07) is 11.4. The smallest absolute Gasteiger partial charge is 0.269 e. The maximum Gasteiger partial charge on any atom is 0.269 e. The molecule has 3 aromatic rings. The molecule has 10 heteroatoms. The number of anilines is 1. The molecule has 2 aromatic carbocycles. The van der Waals surface area contributed by atoms with Crippen LogP contribution >= 0.6 is 11.3 Å². The van der Waals surface area contributed by atoms with Crippen LogP contribution in [0.15, 0.2) is 42.5 Å². The Kier molecular flexibility index (Phi) is 6.93. The fraction of sp³-hybridized carbons (Fsp3) is 0.364. The number of morpholine rings is 1. The van der Waals surface area contributed by atoms with Gasteiger partial charge in [-0.05, 0) is 31.2 Å². The summed E-state index contributed by atoms with van der Waals surface area (Å²) in [7, 11) is 0. The zero-order valence-corrected chi connectivity index (χ0v) is 18.5. The highest BCUT2D eigenvalue weighted by Gasteiger charge is 2.24. The Balaban J connectivity index is 1.65. The highest BCUT2D eigenvalue weighted by atomic mass is 32.1. The summed E-state index contributed by atoms with van der Waals surface area (Å²) in [5, 5.41) is 11.5. The van der Waals surface area contributed by atoms with E-state index in [2.05, 4.69) is 4.90 Å². The van der Waals surface area contributed by atoms with Crippen LogP contribution in [0.5, 0.6) is 5.75 Å². The summed E-state index contributed by atoms with van der Waals surface area (Å²) in [6.07, 6.45) is 0. The van der Waals surface area contributed by atoms with Crippen molar-refractivity contribution in [2.24, 2.45) is 0 Å². The molecule has 1 saturated heterocycles. The summed E-state index contributed by atoms with van der Waals surface area (Å²) >= 11 is 1.43. The third-order valence-corrected chi connectivity index (χ3v) is 6.26. The first-order chi connectivity index (χ1) is 15.6. The second-order valence-corrected chi connectivity index (χ2v) is 8.26. The first kappa shape index (κ1) is 22.1. The number of para-hydroxylation sites is 1. The largest absolute Gasteiger partial charge is 0.492 e. The first-order valence-corrected chi connectivity index (χ1v) is 11.3. The van der Waals surface area contributed by atoms with Crippen molar-refractivity contribution in [2.45, 2.75) is 6.92 Å². The summed E-state index contributed by atoms with van der Waals surface area (Å²) in [5.74, 6) is 0.439. The minimum absolute atomic E-state index is 0.0530. The number of benzene rings is 2. The third kappa shape index (κ3) is 4.87. The number of thiazole rings is 1. The van der Waals surface area contributed by atoms with Gasteiger partial charge in [-0.25, -0.2) is 4.98 Å². The summed E-state index contributed by atoms with van der Waals surface area (Å²) in [6.45, 7) is 6.54. The number of carbonyl (C=O) groups is 1. The lowest BCUT2D eigenvalue weighted by Crippen LogP contribution is -2.43. The van der Waals surface area contributed by atoms with Crippen LogP contribution in [0.1, 0.15) is 17.3 Å². The predicted octanol–water partition coefficient (Wildman–Crippen LogP) is 3.58. The van der Waals surface area contributed by atoms with Crippen LogP contribution in [0.4, 0.5) is 10.8 Å². The Morgan fingerprint density at radius 3 is 2.69 bits per heavy atom. The molecule has 1 fully saturated rings. The van der Waals surface area contributed by atoms with Crippen molar-refractivity contribution in [2.75, 3.05) is 50.9 Å². The zero-order chi connectivity index (χ0) is 22.5.